The van der Waals surface area contributed by atoms with Crippen molar-refractivity contribution in [2.75, 3.05) is 5.32 Å². The Morgan fingerprint density at radius 2 is 1.61 bits per heavy atom. The van der Waals surface area contributed by atoms with Gasteiger partial charge in [-0.25, -0.2) is 4.39 Å². The predicted octanol–water partition coefficient (Wildman–Crippen LogP) is 4.36. The van der Waals surface area contributed by atoms with Crippen molar-refractivity contribution in [3.8, 4) is 0 Å². The third-order valence-electron chi connectivity index (χ3n) is 3.09. The lowest BCUT2D eigenvalue weighted by Gasteiger charge is -2.11. The Bertz CT molecular complexity index is 561. The van der Waals surface area contributed by atoms with Crippen LogP contribution in [0.4, 0.5) is 10.1 Å². The molecule has 18 heavy (non-hydrogen) atoms. The van der Waals surface area contributed by atoms with Crippen molar-refractivity contribution >= 4 is 5.69 Å². The van der Waals surface area contributed by atoms with E-state index < -0.39 is 0 Å². The molecule has 1 N–H and O–H groups in total. The van der Waals surface area contributed by atoms with Crippen LogP contribution in [-0.4, -0.2) is 0 Å². The van der Waals surface area contributed by atoms with Gasteiger partial charge in [0.15, 0.2) is 0 Å². The van der Waals surface area contributed by atoms with Gasteiger partial charge >= 0.3 is 0 Å². The topological polar surface area (TPSA) is 12.0 Å². The van der Waals surface area contributed by atoms with Gasteiger partial charge < -0.3 is 5.32 Å². The second-order valence-electron chi connectivity index (χ2n) is 4.77. The quantitative estimate of drug-likeness (QED) is 0.844. The molecule has 0 saturated heterocycles. The smallest absolute Gasteiger partial charge is 0.146 e. The molecule has 2 heteroatoms. The fourth-order valence-corrected chi connectivity index (χ4v) is 2.01. The van der Waals surface area contributed by atoms with Crippen LogP contribution in [0.15, 0.2) is 36.4 Å². The van der Waals surface area contributed by atoms with Crippen LogP contribution in [0, 0.1) is 26.6 Å². The molecule has 0 fully saturated rings. The SMILES string of the molecule is Cc1ccc(CNc2cc(C)ccc2F)c(C)c1. The lowest BCUT2D eigenvalue weighted by atomic mass is 10.1. The average Bonchev–Trinajstić information content (AvgIpc) is 2.32. The summed E-state index contributed by atoms with van der Waals surface area (Å²) in [5, 5.41) is 3.16. The first-order valence-corrected chi connectivity index (χ1v) is 6.12. The van der Waals surface area contributed by atoms with E-state index >= 15 is 0 Å². The Labute approximate surface area is 108 Å². The van der Waals surface area contributed by atoms with Crippen LogP contribution in [0.3, 0.4) is 0 Å². The molecule has 0 aliphatic heterocycles. The summed E-state index contributed by atoms with van der Waals surface area (Å²) in [5.74, 6) is -0.203. The molecule has 0 radical (unpaired) electrons. The average molecular weight is 243 g/mol. The highest BCUT2D eigenvalue weighted by molar-refractivity contribution is 5.48. The molecule has 0 aromatic heterocycles. The first-order chi connectivity index (χ1) is 8.56. The third-order valence-corrected chi connectivity index (χ3v) is 3.09. The van der Waals surface area contributed by atoms with E-state index in [-0.39, 0.29) is 5.82 Å². The van der Waals surface area contributed by atoms with Crippen LogP contribution < -0.4 is 5.32 Å². The van der Waals surface area contributed by atoms with Crippen molar-refractivity contribution in [1.29, 1.82) is 0 Å². The van der Waals surface area contributed by atoms with Crippen LogP contribution in [0.1, 0.15) is 22.3 Å². The monoisotopic (exact) mass is 243 g/mol. The van der Waals surface area contributed by atoms with E-state index in [9.17, 15) is 4.39 Å². The summed E-state index contributed by atoms with van der Waals surface area (Å²) in [4.78, 5) is 0. The molecule has 0 spiro atoms. The Morgan fingerprint density at radius 1 is 0.944 bits per heavy atom. The van der Waals surface area contributed by atoms with Gasteiger partial charge in [0.25, 0.3) is 0 Å². The zero-order valence-electron chi connectivity index (χ0n) is 11.0. The Balaban J connectivity index is 2.13. The second kappa shape index (κ2) is 5.21. The van der Waals surface area contributed by atoms with Gasteiger partial charge in [-0.1, -0.05) is 29.8 Å². The van der Waals surface area contributed by atoms with Crippen molar-refractivity contribution in [2.24, 2.45) is 0 Å². The molecule has 0 bridgehead atoms. The number of anilines is 1. The molecule has 0 aliphatic carbocycles. The molecular weight excluding hydrogens is 225 g/mol. The van der Waals surface area contributed by atoms with E-state index in [1.807, 2.05) is 13.0 Å². The molecule has 0 saturated carbocycles. The number of hydrogen-bond donors (Lipinski definition) is 1. The van der Waals surface area contributed by atoms with Gasteiger partial charge in [0.2, 0.25) is 0 Å². The van der Waals surface area contributed by atoms with E-state index in [0.717, 1.165) is 5.56 Å². The maximum atomic E-state index is 13.6. The van der Waals surface area contributed by atoms with Crippen LogP contribution in [0.25, 0.3) is 0 Å². The summed E-state index contributed by atoms with van der Waals surface area (Å²) in [6.07, 6.45) is 0. The summed E-state index contributed by atoms with van der Waals surface area (Å²) in [6.45, 7) is 6.76. The van der Waals surface area contributed by atoms with E-state index in [0.29, 0.717) is 12.2 Å². The number of nitrogens with one attached hydrogen (secondary N) is 1. The lowest BCUT2D eigenvalue weighted by molar-refractivity contribution is 0.629. The highest BCUT2D eigenvalue weighted by atomic mass is 19.1. The van der Waals surface area contributed by atoms with Gasteiger partial charge in [-0.3, -0.25) is 0 Å². The maximum Gasteiger partial charge on any atom is 0.146 e. The maximum absolute atomic E-state index is 13.6. The van der Waals surface area contributed by atoms with Crippen molar-refractivity contribution in [3.63, 3.8) is 0 Å². The van der Waals surface area contributed by atoms with Crippen LogP contribution in [0.2, 0.25) is 0 Å². The van der Waals surface area contributed by atoms with Crippen LogP contribution >= 0.6 is 0 Å². The first-order valence-electron chi connectivity index (χ1n) is 6.12. The molecule has 2 aromatic rings. The first kappa shape index (κ1) is 12.6. The van der Waals surface area contributed by atoms with Crippen LogP contribution in [0.5, 0.6) is 0 Å². The summed E-state index contributed by atoms with van der Waals surface area (Å²) < 4.78 is 13.6. The van der Waals surface area contributed by atoms with Crippen molar-refractivity contribution in [2.45, 2.75) is 27.3 Å². The number of hydrogen-bond acceptors (Lipinski definition) is 1. The summed E-state index contributed by atoms with van der Waals surface area (Å²) >= 11 is 0. The minimum Gasteiger partial charge on any atom is -0.379 e. The molecule has 1 nitrogen and oxygen atoms in total. The zero-order chi connectivity index (χ0) is 13.1. The summed E-state index contributed by atoms with van der Waals surface area (Å²) in [5.41, 5.74) is 5.30. The highest BCUT2D eigenvalue weighted by Gasteiger charge is 2.03. The number of rotatable bonds is 3. The van der Waals surface area contributed by atoms with E-state index in [2.05, 4.69) is 37.4 Å². The summed E-state index contributed by atoms with van der Waals surface area (Å²) in [6, 6.07) is 11.4. The fraction of sp³-hybridized carbons (Fsp3) is 0.250. The fourth-order valence-electron chi connectivity index (χ4n) is 2.01. The van der Waals surface area contributed by atoms with Gasteiger partial charge in [-0.15, -0.1) is 0 Å². The van der Waals surface area contributed by atoms with Crippen molar-refractivity contribution < 1.29 is 4.39 Å². The minimum atomic E-state index is -0.203. The Kier molecular flexibility index (Phi) is 3.66. The van der Waals surface area contributed by atoms with Gasteiger partial charge in [-0.05, 0) is 49.6 Å². The van der Waals surface area contributed by atoms with Gasteiger partial charge in [-0.2, -0.15) is 0 Å². The van der Waals surface area contributed by atoms with E-state index in [1.54, 1.807) is 6.07 Å². The standard InChI is InChI=1S/C16H18FN/c1-11-4-6-14(13(3)8-11)10-18-16-9-12(2)5-7-15(16)17/h4-9,18H,10H2,1-3H3. The van der Waals surface area contributed by atoms with E-state index in [1.165, 1.54) is 22.8 Å². The molecule has 0 aliphatic rings. The zero-order valence-corrected chi connectivity index (χ0v) is 11.0. The predicted molar refractivity (Wildman–Crippen MR) is 74.4 cm³/mol. The molecule has 94 valence electrons. The normalized spacial score (nSPS) is 10.4. The molecular formula is C16H18FN. The van der Waals surface area contributed by atoms with Gasteiger partial charge in [0.1, 0.15) is 5.82 Å². The molecule has 0 heterocycles. The number of aryl methyl sites for hydroxylation is 3. The van der Waals surface area contributed by atoms with Crippen molar-refractivity contribution in [3.05, 3.63) is 64.5 Å². The lowest BCUT2D eigenvalue weighted by Crippen LogP contribution is -2.03. The summed E-state index contributed by atoms with van der Waals surface area (Å²) in [7, 11) is 0. The minimum absolute atomic E-state index is 0.203. The highest BCUT2D eigenvalue weighted by Crippen LogP contribution is 2.18. The Hall–Kier alpha value is -1.83. The van der Waals surface area contributed by atoms with Gasteiger partial charge in [0.05, 0.1) is 5.69 Å². The third kappa shape index (κ3) is 2.89. The van der Waals surface area contributed by atoms with E-state index in [4.69, 9.17) is 0 Å². The second-order valence-corrected chi connectivity index (χ2v) is 4.77. The largest absolute Gasteiger partial charge is 0.379 e. The molecule has 0 unspecified atom stereocenters. The van der Waals surface area contributed by atoms with Gasteiger partial charge in [0, 0.05) is 6.54 Å². The Morgan fingerprint density at radius 3 is 2.33 bits per heavy atom. The molecule has 2 aromatic carbocycles. The number of benzene rings is 2. The molecule has 2 rings (SSSR count). The number of halogens is 1. The molecule has 0 atom stereocenters. The molecule has 0 amide bonds. The van der Waals surface area contributed by atoms with Crippen LogP contribution in [-0.2, 0) is 6.54 Å². The van der Waals surface area contributed by atoms with Crippen molar-refractivity contribution in [1.82, 2.24) is 0 Å².